The number of halogens is 3. The van der Waals surface area contributed by atoms with Crippen molar-refractivity contribution in [3.63, 3.8) is 0 Å². The van der Waals surface area contributed by atoms with Crippen molar-refractivity contribution >= 4 is 57.9 Å². The Labute approximate surface area is 154 Å². The van der Waals surface area contributed by atoms with Crippen LogP contribution in [0.1, 0.15) is 5.56 Å². The number of anilines is 4. The van der Waals surface area contributed by atoms with Crippen molar-refractivity contribution in [1.29, 1.82) is 0 Å². The van der Waals surface area contributed by atoms with Gasteiger partial charge in [0.2, 0.25) is 5.95 Å². The Balaban J connectivity index is 1.81. The van der Waals surface area contributed by atoms with E-state index < -0.39 is 0 Å². The lowest BCUT2D eigenvalue weighted by atomic mass is 10.2. The molecule has 0 amide bonds. The third-order valence-electron chi connectivity index (χ3n) is 3.13. The van der Waals surface area contributed by atoms with Crippen molar-refractivity contribution in [2.45, 2.75) is 6.92 Å². The number of hydrogen-bond donors (Lipinski definition) is 2. The summed E-state index contributed by atoms with van der Waals surface area (Å²) in [5.41, 5.74) is 2.56. The maximum absolute atomic E-state index is 5.98. The summed E-state index contributed by atoms with van der Waals surface area (Å²) in [7, 11) is 0. The summed E-state index contributed by atoms with van der Waals surface area (Å²) >= 11 is 17.9. The molecular formula is C16H12Cl3N5. The molecule has 0 aliphatic rings. The lowest BCUT2D eigenvalue weighted by molar-refractivity contribution is 0.982. The number of hydrogen-bond acceptors (Lipinski definition) is 5. The van der Waals surface area contributed by atoms with E-state index in [0.29, 0.717) is 32.5 Å². The Morgan fingerprint density at radius 3 is 2.33 bits per heavy atom. The normalized spacial score (nSPS) is 10.5. The van der Waals surface area contributed by atoms with Gasteiger partial charge in [0.05, 0.1) is 6.20 Å². The van der Waals surface area contributed by atoms with Crippen LogP contribution < -0.4 is 10.6 Å². The third-order valence-corrected chi connectivity index (χ3v) is 3.80. The summed E-state index contributed by atoms with van der Waals surface area (Å²) in [4.78, 5) is 4.37. The zero-order chi connectivity index (χ0) is 17.1. The fraction of sp³-hybridized carbons (Fsp3) is 0.0625. The van der Waals surface area contributed by atoms with E-state index in [1.165, 1.54) is 6.20 Å². The van der Waals surface area contributed by atoms with Gasteiger partial charge in [-0.15, -0.1) is 5.10 Å². The Hall–Kier alpha value is -2.08. The van der Waals surface area contributed by atoms with Crippen LogP contribution in [-0.4, -0.2) is 15.2 Å². The van der Waals surface area contributed by atoms with E-state index in [9.17, 15) is 0 Å². The summed E-state index contributed by atoms with van der Waals surface area (Å²) in [5.74, 6) is 0.871. The average Bonchev–Trinajstić information content (AvgIpc) is 2.49. The van der Waals surface area contributed by atoms with Gasteiger partial charge in [-0.1, -0.05) is 34.8 Å². The summed E-state index contributed by atoms with van der Waals surface area (Å²) in [6, 6.07) is 10.6. The molecule has 2 N–H and O–H groups in total. The lowest BCUT2D eigenvalue weighted by Gasteiger charge is -2.10. The van der Waals surface area contributed by atoms with Crippen molar-refractivity contribution in [1.82, 2.24) is 15.2 Å². The van der Waals surface area contributed by atoms with Crippen molar-refractivity contribution in [2.75, 3.05) is 10.6 Å². The Kier molecular flexibility index (Phi) is 5.04. The van der Waals surface area contributed by atoms with Crippen LogP contribution in [0.5, 0.6) is 0 Å². The summed E-state index contributed by atoms with van der Waals surface area (Å²) < 4.78 is 0. The quantitative estimate of drug-likeness (QED) is 0.614. The van der Waals surface area contributed by atoms with Crippen LogP contribution in [0.4, 0.5) is 23.1 Å². The molecule has 3 aromatic rings. The predicted octanol–water partition coefficient (Wildman–Crippen LogP) is 5.63. The van der Waals surface area contributed by atoms with Crippen LogP contribution >= 0.6 is 34.8 Å². The maximum atomic E-state index is 5.98. The molecule has 2 aromatic carbocycles. The molecule has 5 nitrogen and oxygen atoms in total. The molecule has 3 rings (SSSR count). The first-order valence-corrected chi connectivity index (χ1v) is 8.09. The number of benzene rings is 2. The molecule has 0 unspecified atom stereocenters. The van der Waals surface area contributed by atoms with Gasteiger partial charge in [-0.2, -0.15) is 10.1 Å². The van der Waals surface area contributed by atoms with E-state index in [4.69, 9.17) is 34.8 Å². The van der Waals surface area contributed by atoms with E-state index in [1.54, 1.807) is 24.3 Å². The SMILES string of the molecule is Cc1cc(Cl)ccc1Nc1cnnc(Nc2cc(Cl)cc(Cl)c2)n1. The van der Waals surface area contributed by atoms with Crippen LogP contribution in [0, 0.1) is 6.92 Å². The van der Waals surface area contributed by atoms with Crippen molar-refractivity contribution < 1.29 is 0 Å². The van der Waals surface area contributed by atoms with Gasteiger partial charge in [0.1, 0.15) is 0 Å². The van der Waals surface area contributed by atoms with Gasteiger partial charge in [0, 0.05) is 26.4 Å². The molecular weight excluding hydrogens is 369 g/mol. The average molecular weight is 381 g/mol. The highest BCUT2D eigenvalue weighted by Gasteiger charge is 2.05. The van der Waals surface area contributed by atoms with E-state index >= 15 is 0 Å². The van der Waals surface area contributed by atoms with Gasteiger partial charge < -0.3 is 10.6 Å². The molecule has 1 aromatic heterocycles. The zero-order valence-electron chi connectivity index (χ0n) is 12.5. The highest BCUT2D eigenvalue weighted by atomic mass is 35.5. The molecule has 122 valence electrons. The molecule has 0 spiro atoms. The van der Waals surface area contributed by atoms with Crippen molar-refractivity contribution in [3.05, 3.63) is 63.2 Å². The van der Waals surface area contributed by atoms with E-state index in [-0.39, 0.29) is 0 Å². The van der Waals surface area contributed by atoms with Gasteiger partial charge in [0.15, 0.2) is 5.82 Å². The van der Waals surface area contributed by atoms with Gasteiger partial charge in [-0.3, -0.25) is 0 Å². The summed E-state index contributed by atoms with van der Waals surface area (Å²) in [5, 5.41) is 15.8. The van der Waals surface area contributed by atoms with Gasteiger partial charge >= 0.3 is 0 Å². The monoisotopic (exact) mass is 379 g/mol. The van der Waals surface area contributed by atoms with Gasteiger partial charge in [-0.25, -0.2) is 0 Å². The van der Waals surface area contributed by atoms with Crippen LogP contribution in [0.25, 0.3) is 0 Å². The topological polar surface area (TPSA) is 62.7 Å². The number of rotatable bonds is 4. The largest absolute Gasteiger partial charge is 0.339 e. The molecule has 0 fully saturated rings. The van der Waals surface area contributed by atoms with Gasteiger partial charge in [0.25, 0.3) is 0 Å². The molecule has 8 heteroatoms. The Bertz CT molecular complexity index is 865. The summed E-state index contributed by atoms with van der Waals surface area (Å²) in [6.45, 7) is 1.95. The number of aryl methyl sites for hydroxylation is 1. The second-order valence-electron chi connectivity index (χ2n) is 5.03. The molecule has 0 radical (unpaired) electrons. The molecule has 24 heavy (non-hydrogen) atoms. The molecule has 0 saturated carbocycles. The molecule has 0 bridgehead atoms. The second kappa shape index (κ2) is 7.21. The zero-order valence-corrected chi connectivity index (χ0v) is 14.8. The van der Waals surface area contributed by atoms with Crippen molar-refractivity contribution in [3.8, 4) is 0 Å². The lowest BCUT2D eigenvalue weighted by Crippen LogP contribution is -2.03. The highest BCUT2D eigenvalue weighted by molar-refractivity contribution is 6.35. The molecule has 1 heterocycles. The molecule has 0 atom stereocenters. The van der Waals surface area contributed by atoms with Gasteiger partial charge in [-0.05, 0) is 48.9 Å². The first-order chi connectivity index (χ1) is 11.5. The standard InChI is InChI=1S/C16H12Cl3N5/c1-9-4-10(17)2-3-14(9)22-15-8-20-24-16(23-15)21-13-6-11(18)5-12(19)7-13/h2-8H,1H3,(H2,21,22,23,24). The third kappa shape index (κ3) is 4.26. The second-order valence-corrected chi connectivity index (χ2v) is 6.34. The van der Waals surface area contributed by atoms with Crippen LogP contribution in [-0.2, 0) is 0 Å². The Morgan fingerprint density at radius 1 is 0.875 bits per heavy atom. The van der Waals surface area contributed by atoms with E-state index in [1.807, 2.05) is 19.1 Å². The van der Waals surface area contributed by atoms with Crippen molar-refractivity contribution in [2.24, 2.45) is 0 Å². The van der Waals surface area contributed by atoms with E-state index in [0.717, 1.165) is 11.3 Å². The highest BCUT2D eigenvalue weighted by Crippen LogP contribution is 2.25. The fourth-order valence-electron chi connectivity index (χ4n) is 2.08. The molecule has 0 saturated heterocycles. The van der Waals surface area contributed by atoms with Crippen LogP contribution in [0.15, 0.2) is 42.6 Å². The minimum atomic E-state index is 0.324. The minimum Gasteiger partial charge on any atom is -0.339 e. The minimum absolute atomic E-state index is 0.324. The number of nitrogens with one attached hydrogen (secondary N) is 2. The smallest absolute Gasteiger partial charge is 0.249 e. The van der Waals surface area contributed by atoms with Crippen LogP contribution in [0.3, 0.4) is 0 Å². The summed E-state index contributed by atoms with van der Waals surface area (Å²) in [6.07, 6.45) is 1.53. The maximum Gasteiger partial charge on any atom is 0.249 e. The number of aromatic nitrogens is 3. The molecule has 0 aliphatic carbocycles. The Morgan fingerprint density at radius 2 is 1.62 bits per heavy atom. The molecule has 0 aliphatic heterocycles. The number of nitrogens with zero attached hydrogens (tertiary/aromatic N) is 3. The first-order valence-electron chi connectivity index (χ1n) is 6.95. The fourth-order valence-corrected chi connectivity index (χ4v) is 2.83. The van der Waals surface area contributed by atoms with E-state index in [2.05, 4.69) is 25.8 Å². The van der Waals surface area contributed by atoms with Crippen LogP contribution in [0.2, 0.25) is 15.1 Å². The predicted molar refractivity (Wildman–Crippen MR) is 99.0 cm³/mol. The first kappa shape index (κ1) is 16.8.